The second-order valence-electron chi connectivity index (χ2n) is 12.8. The van der Waals surface area contributed by atoms with Gasteiger partial charge in [-0.25, -0.2) is 0 Å². The van der Waals surface area contributed by atoms with Crippen LogP contribution in [0.2, 0.25) is 0 Å². The van der Waals surface area contributed by atoms with Crippen molar-refractivity contribution in [2.45, 2.75) is 30.9 Å². The van der Waals surface area contributed by atoms with Crippen LogP contribution in [0.5, 0.6) is 0 Å². The summed E-state index contributed by atoms with van der Waals surface area (Å²) >= 11 is 0. The van der Waals surface area contributed by atoms with E-state index in [9.17, 15) is 4.21 Å². The van der Waals surface area contributed by atoms with E-state index in [-0.39, 0.29) is 0 Å². The normalized spacial score (nSPS) is 12.6. The molecule has 0 spiro atoms. The molecule has 0 N–H and O–H groups in total. The third kappa shape index (κ3) is 4.92. The summed E-state index contributed by atoms with van der Waals surface area (Å²) in [6, 6.07) is 45.7. The van der Waals surface area contributed by atoms with Gasteiger partial charge in [-0.1, -0.05) is 73.7 Å². The molecule has 9 rings (SSSR count). The summed E-state index contributed by atoms with van der Waals surface area (Å²) in [6.07, 6.45) is 5.07. The van der Waals surface area contributed by atoms with Crippen molar-refractivity contribution in [2.75, 3.05) is 0 Å². The van der Waals surface area contributed by atoms with Gasteiger partial charge in [-0.05, 0) is 85.3 Å². The highest BCUT2D eigenvalue weighted by molar-refractivity contribution is 7.84. The summed E-state index contributed by atoms with van der Waals surface area (Å²) in [5, 5.41) is 14.9. The molecule has 0 aliphatic heterocycles. The van der Waals surface area contributed by atoms with Crippen LogP contribution in [0.15, 0.2) is 143 Å². The highest BCUT2D eigenvalue weighted by Gasteiger charge is 2.23. The largest absolute Gasteiger partial charge is 0.460 e. The molecule has 0 bridgehead atoms. The Morgan fingerprint density at radius 3 is 2.22 bits per heavy atom. The van der Waals surface area contributed by atoms with Crippen LogP contribution in [0, 0.1) is 11.3 Å². The number of rotatable bonds is 7. The van der Waals surface area contributed by atoms with Gasteiger partial charge in [0.1, 0.15) is 11.3 Å². The van der Waals surface area contributed by atoms with E-state index in [1.165, 1.54) is 10.8 Å². The van der Waals surface area contributed by atoms with Crippen molar-refractivity contribution >= 4 is 71.5 Å². The summed E-state index contributed by atoms with van der Waals surface area (Å²) in [5.74, 6) is 1.39. The minimum absolute atomic E-state index is 0.392. The van der Waals surface area contributed by atoms with Crippen molar-refractivity contribution in [3.8, 4) is 17.4 Å². The molecule has 5 nitrogen and oxygen atoms in total. The Morgan fingerprint density at radius 2 is 1.47 bits per heavy atom. The first-order valence-electron chi connectivity index (χ1n) is 17.2. The number of furan rings is 1. The lowest BCUT2D eigenvalue weighted by Gasteiger charge is -2.11. The van der Waals surface area contributed by atoms with Crippen LogP contribution in [0.4, 0.5) is 0 Å². The lowest BCUT2D eigenvalue weighted by molar-refractivity contribution is 0.556. The third-order valence-corrected chi connectivity index (χ3v) is 11.3. The Kier molecular flexibility index (Phi) is 7.45. The zero-order valence-corrected chi connectivity index (χ0v) is 29.1. The van der Waals surface area contributed by atoms with Crippen molar-refractivity contribution in [2.24, 2.45) is 0 Å². The van der Waals surface area contributed by atoms with Gasteiger partial charge in [0, 0.05) is 55.2 Å². The number of aryl methyl sites for hydroxylation is 1. The Bertz CT molecular complexity index is 2880. The quantitative estimate of drug-likeness (QED) is 0.168. The molecule has 0 amide bonds. The van der Waals surface area contributed by atoms with Crippen molar-refractivity contribution in [1.29, 1.82) is 5.26 Å². The maximum Gasteiger partial charge on any atom is 0.135 e. The van der Waals surface area contributed by atoms with Crippen LogP contribution in [-0.4, -0.2) is 13.3 Å². The monoisotopic (exact) mass is 679 g/mol. The average Bonchev–Trinajstić information content (AvgIpc) is 3.81. The van der Waals surface area contributed by atoms with E-state index in [1.54, 1.807) is 12.1 Å². The Hall–Kier alpha value is -6.16. The van der Waals surface area contributed by atoms with E-state index in [2.05, 4.69) is 132 Å². The van der Waals surface area contributed by atoms with Crippen LogP contribution in [-0.2, 0) is 23.0 Å². The molecule has 6 heteroatoms. The maximum atomic E-state index is 13.4. The third-order valence-electron chi connectivity index (χ3n) is 9.89. The molecule has 0 saturated carbocycles. The number of aromatic nitrogens is 2. The number of fused-ring (bicyclic) bond motifs is 8. The molecule has 3 heterocycles. The molecule has 0 saturated heterocycles. The van der Waals surface area contributed by atoms with Crippen molar-refractivity contribution in [3.05, 3.63) is 156 Å². The molecule has 1 unspecified atom stereocenters. The maximum absolute atomic E-state index is 13.4. The highest BCUT2D eigenvalue weighted by atomic mass is 32.2. The lowest BCUT2D eigenvalue weighted by atomic mass is 10.0. The van der Waals surface area contributed by atoms with Crippen LogP contribution < -0.4 is 0 Å². The fourth-order valence-electron chi connectivity index (χ4n) is 7.61. The smallest absolute Gasteiger partial charge is 0.135 e. The van der Waals surface area contributed by atoms with Crippen molar-refractivity contribution in [1.82, 2.24) is 9.13 Å². The molecule has 0 radical (unpaired) electrons. The molecule has 9 aromatic rings. The number of benzene rings is 6. The van der Waals surface area contributed by atoms with E-state index in [1.807, 2.05) is 24.3 Å². The Morgan fingerprint density at radius 1 is 0.725 bits per heavy atom. The highest BCUT2D eigenvalue weighted by Crippen LogP contribution is 2.44. The number of allylic oxidation sites excluding steroid dienone is 1. The number of hydrogen-bond acceptors (Lipinski definition) is 3. The topological polar surface area (TPSA) is 63.9 Å². The lowest BCUT2D eigenvalue weighted by Crippen LogP contribution is -1.98. The Labute approximate surface area is 297 Å². The summed E-state index contributed by atoms with van der Waals surface area (Å²) < 4.78 is 24.6. The van der Waals surface area contributed by atoms with E-state index in [4.69, 9.17) is 9.68 Å². The minimum Gasteiger partial charge on any atom is -0.460 e. The zero-order valence-electron chi connectivity index (χ0n) is 28.3. The van der Waals surface area contributed by atoms with E-state index >= 15 is 0 Å². The molecule has 246 valence electrons. The van der Waals surface area contributed by atoms with Gasteiger partial charge in [0.15, 0.2) is 0 Å². The zero-order chi connectivity index (χ0) is 34.6. The molecular formula is C45H33N3O2S. The fourth-order valence-corrected chi connectivity index (χ4v) is 8.71. The number of nitriles is 1. The van der Waals surface area contributed by atoms with Gasteiger partial charge in [0.2, 0.25) is 0 Å². The molecule has 0 aliphatic rings. The molecule has 51 heavy (non-hydrogen) atoms. The molecule has 1 atom stereocenters. The molecular weight excluding hydrogens is 647 g/mol. The SMILES string of the molecule is C/C=C\c1c(CC)oc2cc3c4ccc5c(c6ccccc6n5-c5ccc(S(=O)Cc6ccc(C#N)cc6)cc5)c4n(-c4ccccc4)c3cc12. The first-order chi connectivity index (χ1) is 25.1. The molecule has 6 aromatic carbocycles. The second-order valence-corrected chi connectivity index (χ2v) is 14.3. The van der Waals surface area contributed by atoms with Crippen LogP contribution in [0.1, 0.15) is 36.3 Å². The van der Waals surface area contributed by atoms with Crippen molar-refractivity contribution < 1.29 is 8.63 Å². The van der Waals surface area contributed by atoms with E-state index < -0.39 is 10.8 Å². The van der Waals surface area contributed by atoms with Gasteiger partial charge in [-0.2, -0.15) is 5.26 Å². The van der Waals surface area contributed by atoms with Crippen LogP contribution in [0.3, 0.4) is 0 Å². The van der Waals surface area contributed by atoms with Gasteiger partial charge in [0.25, 0.3) is 0 Å². The summed E-state index contributed by atoms with van der Waals surface area (Å²) in [5.41, 5.74) is 10.2. The molecule has 0 fully saturated rings. The van der Waals surface area contributed by atoms with Gasteiger partial charge < -0.3 is 13.6 Å². The predicted octanol–water partition coefficient (Wildman–Crippen LogP) is 11.4. The summed E-state index contributed by atoms with van der Waals surface area (Å²) in [4.78, 5) is 0.767. The van der Waals surface area contributed by atoms with Crippen molar-refractivity contribution in [3.63, 3.8) is 0 Å². The van der Waals surface area contributed by atoms with Gasteiger partial charge in [-0.3, -0.25) is 4.21 Å². The fraction of sp³-hybridized carbons (Fsp3) is 0.0889. The van der Waals surface area contributed by atoms with Crippen LogP contribution >= 0.6 is 0 Å². The predicted molar refractivity (Wildman–Crippen MR) is 210 cm³/mol. The van der Waals surface area contributed by atoms with Gasteiger partial charge in [-0.15, -0.1) is 0 Å². The summed E-state index contributed by atoms with van der Waals surface area (Å²) in [7, 11) is -1.22. The number of nitrogens with zero attached hydrogens (tertiary/aromatic N) is 3. The molecule has 3 aromatic heterocycles. The van der Waals surface area contributed by atoms with E-state index in [0.717, 1.165) is 83.4 Å². The Balaban J connectivity index is 1.27. The minimum atomic E-state index is -1.22. The molecule has 0 aliphatic carbocycles. The standard InChI is InChI=1S/C45H33N3O2S/c1-3-10-34-38-25-41-37(26-43(38)50-42(34)4-2)35-23-24-40-44(45(35)48(41)31-11-6-5-7-12-31)36-13-8-9-14-39(36)47(40)32-19-21-33(22-20-32)51(49)28-30-17-15-29(27-46)16-18-30/h3,5-26H,4,28H2,1-2H3/b10-3-. The average molecular weight is 680 g/mol. The number of para-hydroxylation sites is 2. The first-order valence-corrected chi connectivity index (χ1v) is 18.5. The van der Waals surface area contributed by atoms with E-state index in [0.29, 0.717) is 11.3 Å². The van der Waals surface area contributed by atoms with Gasteiger partial charge >= 0.3 is 0 Å². The summed E-state index contributed by atoms with van der Waals surface area (Å²) in [6.45, 7) is 4.19. The van der Waals surface area contributed by atoms with Crippen LogP contribution in [0.25, 0.3) is 72.0 Å². The number of hydrogen-bond donors (Lipinski definition) is 0. The first kappa shape index (κ1) is 30.9. The second kappa shape index (κ2) is 12.3. The van der Waals surface area contributed by atoms with Gasteiger partial charge in [0.05, 0.1) is 50.3 Å².